The SMILES string of the molecule is O=C[C@@H]1OC(COCc2ccccc2)[C@H](OCc2ccccc2)[C@H](OCc2ccccc2)C1OCc1ccccc1. The molecule has 6 nitrogen and oxygen atoms in total. The summed E-state index contributed by atoms with van der Waals surface area (Å²) in [6.45, 7) is 1.65. The monoisotopic (exact) mass is 552 g/mol. The Morgan fingerprint density at radius 1 is 0.512 bits per heavy atom. The molecule has 212 valence electrons. The lowest BCUT2D eigenvalue weighted by molar-refractivity contribution is -0.264. The van der Waals surface area contributed by atoms with E-state index in [9.17, 15) is 4.79 Å². The molecular weight excluding hydrogens is 516 g/mol. The van der Waals surface area contributed by atoms with Gasteiger partial charge in [-0.2, -0.15) is 0 Å². The van der Waals surface area contributed by atoms with Crippen molar-refractivity contribution in [2.75, 3.05) is 6.61 Å². The lowest BCUT2D eigenvalue weighted by atomic mass is 9.94. The van der Waals surface area contributed by atoms with Gasteiger partial charge in [0.2, 0.25) is 0 Å². The van der Waals surface area contributed by atoms with Gasteiger partial charge in [0.15, 0.2) is 6.29 Å². The topological polar surface area (TPSA) is 63.2 Å². The van der Waals surface area contributed by atoms with E-state index in [1.54, 1.807) is 0 Å². The van der Waals surface area contributed by atoms with E-state index in [0.717, 1.165) is 28.5 Å². The van der Waals surface area contributed by atoms with Crippen LogP contribution in [0.25, 0.3) is 0 Å². The Balaban J connectivity index is 1.39. The second-order valence-corrected chi connectivity index (χ2v) is 10.1. The van der Waals surface area contributed by atoms with Crippen molar-refractivity contribution in [3.8, 4) is 0 Å². The molecule has 1 aliphatic rings. The molecule has 0 aliphatic carbocycles. The minimum atomic E-state index is -0.846. The summed E-state index contributed by atoms with van der Waals surface area (Å²) in [5, 5.41) is 0. The van der Waals surface area contributed by atoms with E-state index >= 15 is 0 Å². The molecule has 0 saturated carbocycles. The molecule has 0 radical (unpaired) electrons. The largest absolute Gasteiger partial charge is 0.374 e. The van der Waals surface area contributed by atoms with Crippen LogP contribution in [0.2, 0.25) is 0 Å². The second kappa shape index (κ2) is 15.4. The highest BCUT2D eigenvalue weighted by Gasteiger charge is 2.48. The second-order valence-electron chi connectivity index (χ2n) is 10.1. The zero-order valence-electron chi connectivity index (χ0n) is 23.0. The summed E-state index contributed by atoms with van der Waals surface area (Å²) < 4.78 is 31.9. The molecule has 5 rings (SSSR count). The van der Waals surface area contributed by atoms with Crippen LogP contribution >= 0.6 is 0 Å². The van der Waals surface area contributed by atoms with Crippen LogP contribution in [0.1, 0.15) is 22.3 Å². The van der Waals surface area contributed by atoms with Crippen LogP contribution in [0.3, 0.4) is 0 Å². The third-order valence-electron chi connectivity index (χ3n) is 7.05. The maximum Gasteiger partial charge on any atom is 0.151 e. The van der Waals surface area contributed by atoms with Gasteiger partial charge < -0.3 is 28.5 Å². The van der Waals surface area contributed by atoms with Gasteiger partial charge in [0.05, 0.1) is 33.0 Å². The number of hydrogen-bond acceptors (Lipinski definition) is 6. The molecule has 0 aromatic heterocycles. The lowest BCUT2D eigenvalue weighted by Crippen LogP contribution is -2.61. The van der Waals surface area contributed by atoms with Crippen LogP contribution in [0.5, 0.6) is 0 Å². The van der Waals surface area contributed by atoms with Gasteiger partial charge in [0.1, 0.15) is 30.5 Å². The summed E-state index contributed by atoms with van der Waals surface area (Å²) in [6, 6.07) is 39.7. The van der Waals surface area contributed by atoms with Crippen molar-refractivity contribution in [1.29, 1.82) is 0 Å². The van der Waals surface area contributed by atoms with Crippen LogP contribution in [-0.4, -0.2) is 43.4 Å². The number of rotatable bonds is 14. The molecule has 0 spiro atoms. The molecule has 1 aliphatic heterocycles. The van der Waals surface area contributed by atoms with E-state index in [1.807, 2.05) is 121 Å². The van der Waals surface area contributed by atoms with Crippen LogP contribution in [0, 0.1) is 0 Å². The molecule has 1 fully saturated rings. The van der Waals surface area contributed by atoms with Gasteiger partial charge in [-0.15, -0.1) is 0 Å². The van der Waals surface area contributed by atoms with Gasteiger partial charge >= 0.3 is 0 Å². The standard InChI is InChI=1S/C35H36O6/c36-21-31-33(38-23-28-15-7-2-8-16-28)35(40-25-30-19-11-4-12-20-30)34(39-24-29-17-9-3-10-18-29)32(41-31)26-37-22-27-13-5-1-6-14-27/h1-21,31-35H,22-26H2/t31-,32?,33?,34-,35+/m0/s1. The molecule has 0 amide bonds. The third-order valence-corrected chi connectivity index (χ3v) is 7.05. The highest BCUT2D eigenvalue weighted by atomic mass is 16.6. The maximum atomic E-state index is 12.4. The van der Waals surface area contributed by atoms with E-state index in [4.69, 9.17) is 23.7 Å². The predicted octanol–water partition coefficient (Wildman–Crippen LogP) is 5.93. The molecule has 4 aromatic carbocycles. The smallest absolute Gasteiger partial charge is 0.151 e. The first-order valence-corrected chi connectivity index (χ1v) is 14.0. The van der Waals surface area contributed by atoms with E-state index in [0.29, 0.717) is 26.4 Å². The fourth-order valence-electron chi connectivity index (χ4n) is 4.93. The number of benzene rings is 4. The Bertz CT molecular complexity index is 1290. The van der Waals surface area contributed by atoms with Gasteiger partial charge in [-0.3, -0.25) is 0 Å². The predicted molar refractivity (Wildman–Crippen MR) is 156 cm³/mol. The van der Waals surface area contributed by atoms with E-state index in [2.05, 4.69) is 0 Å². The van der Waals surface area contributed by atoms with Crippen LogP contribution in [0.4, 0.5) is 0 Å². The van der Waals surface area contributed by atoms with Crippen molar-refractivity contribution >= 4 is 6.29 Å². The van der Waals surface area contributed by atoms with E-state index in [-0.39, 0.29) is 6.61 Å². The average molecular weight is 553 g/mol. The molecule has 41 heavy (non-hydrogen) atoms. The number of hydrogen-bond donors (Lipinski definition) is 0. The van der Waals surface area contributed by atoms with Gasteiger partial charge in [-0.25, -0.2) is 0 Å². The van der Waals surface area contributed by atoms with Crippen molar-refractivity contribution in [1.82, 2.24) is 0 Å². The van der Waals surface area contributed by atoms with Crippen molar-refractivity contribution in [3.05, 3.63) is 144 Å². The average Bonchev–Trinajstić information content (AvgIpc) is 3.04. The fourth-order valence-corrected chi connectivity index (χ4v) is 4.93. The van der Waals surface area contributed by atoms with Gasteiger partial charge in [-0.05, 0) is 22.3 Å². The number of carbonyl (C=O) groups is 1. The fraction of sp³-hybridized carbons (Fsp3) is 0.286. The summed E-state index contributed by atoms with van der Waals surface area (Å²) >= 11 is 0. The molecule has 4 aromatic rings. The van der Waals surface area contributed by atoms with Gasteiger partial charge in [0.25, 0.3) is 0 Å². The summed E-state index contributed by atoms with van der Waals surface area (Å²) in [7, 11) is 0. The summed E-state index contributed by atoms with van der Waals surface area (Å²) in [5.74, 6) is 0. The molecule has 1 heterocycles. The number of ether oxygens (including phenoxy) is 5. The Hall–Kier alpha value is -3.65. The number of carbonyl (C=O) groups excluding carboxylic acids is 1. The maximum absolute atomic E-state index is 12.4. The van der Waals surface area contributed by atoms with Crippen LogP contribution < -0.4 is 0 Å². The highest BCUT2D eigenvalue weighted by molar-refractivity contribution is 5.58. The summed E-state index contributed by atoms with van der Waals surface area (Å²) in [4.78, 5) is 12.4. The summed E-state index contributed by atoms with van der Waals surface area (Å²) in [6.07, 6.45) is -2.41. The van der Waals surface area contributed by atoms with Crippen molar-refractivity contribution in [2.45, 2.75) is 56.9 Å². The molecule has 5 atom stereocenters. The lowest BCUT2D eigenvalue weighted by Gasteiger charge is -2.44. The first kappa shape index (κ1) is 28.9. The molecular formula is C35H36O6. The molecule has 0 N–H and O–H groups in total. The van der Waals surface area contributed by atoms with Crippen molar-refractivity contribution in [2.24, 2.45) is 0 Å². The summed E-state index contributed by atoms with van der Waals surface area (Å²) in [5.41, 5.74) is 4.09. The first-order valence-electron chi connectivity index (χ1n) is 14.0. The highest BCUT2D eigenvalue weighted by Crippen LogP contribution is 2.30. The molecule has 6 heteroatoms. The van der Waals surface area contributed by atoms with E-state index in [1.165, 1.54) is 0 Å². The minimum Gasteiger partial charge on any atom is -0.374 e. The van der Waals surface area contributed by atoms with Crippen LogP contribution in [-0.2, 0) is 54.9 Å². The minimum absolute atomic E-state index is 0.231. The van der Waals surface area contributed by atoms with E-state index < -0.39 is 30.5 Å². The Labute approximate surface area is 241 Å². The zero-order chi connectivity index (χ0) is 28.1. The number of aldehydes is 1. The third kappa shape index (κ3) is 8.43. The molecule has 0 bridgehead atoms. The Kier molecular flexibility index (Phi) is 10.8. The zero-order valence-corrected chi connectivity index (χ0v) is 23.0. The first-order chi connectivity index (χ1) is 20.3. The van der Waals surface area contributed by atoms with Gasteiger partial charge in [0, 0.05) is 0 Å². The van der Waals surface area contributed by atoms with Crippen molar-refractivity contribution in [3.63, 3.8) is 0 Å². The van der Waals surface area contributed by atoms with Gasteiger partial charge in [-0.1, -0.05) is 121 Å². The molecule has 2 unspecified atom stereocenters. The Morgan fingerprint density at radius 2 is 0.902 bits per heavy atom. The Morgan fingerprint density at radius 3 is 1.34 bits per heavy atom. The van der Waals surface area contributed by atoms with Crippen molar-refractivity contribution < 1.29 is 28.5 Å². The van der Waals surface area contributed by atoms with Crippen LogP contribution in [0.15, 0.2) is 121 Å². The quantitative estimate of drug-likeness (QED) is 0.181. The normalized spacial score (nSPS) is 22.3. The molecule has 1 saturated heterocycles.